The Kier molecular flexibility index (Phi) is 3.94. The van der Waals surface area contributed by atoms with Gasteiger partial charge in [-0.1, -0.05) is 0 Å². The molecule has 106 valence electrons. The number of benzene rings is 1. The number of aryl methyl sites for hydroxylation is 2. The molecule has 2 rings (SSSR count). The monoisotopic (exact) mass is 294 g/mol. The number of nitrogens with two attached hydrogens (primary N) is 1. The van der Waals surface area contributed by atoms with Crippen LogP contribution < -0.4 is 11.1 Å². The minimum atomic E-state index is -1.33. The van der Waals surface area contributed by atoms with E-state index in [0.29, 0.717) is 12.2 Å². The van der Waals surface area contributed by atoms with Crippen molar-refractivity contribution in [2.24, 2.45) is 0 Å². The van der Waals surface area contributed by atoms with E-state index in [2.05, 4.69) is 11.4 Å². The van der Waals surface area contributed by atoms with E-state index in [1.165, 1.54) is 10.4 Å². The maximum Gasteiger partial charge on any atom is 0.338 e. The van der Waals surface area contributed by atoms with Crippen molar-refractivity contribution >= 4 is 28.7 Å². The fourth-order valence-electron chi connectivity index (χ4n) is 1.83. The minimum Gasteiger partial charge on any atom is -0.478 e. The van der Waals surface area contributed by atoms with Gasteiger partial charge in [-0.05, 0) is 37.6 Å². The summed E-state index contributed by atoms with van der Waals surface area (Å²) in [4.78, 5) is 13.1. The summed E-state index contributed by atoms with van der Waals surface area (Å²) in [6.07, 6.45) is 0. The van der Waals surface area contributed by atoms with E-state index in [9.17, 15) is 9.18 Å². The number of nitrogens with one attached hydrogen (secondary N) is 1. The van der Waals surface area contributed by atoms with Gasteiger partial charge in [0.05, 0.1) is 16.9 Å². The third-order valence-corrected chi connectivity index (χ3v) is 4.19. The number of halogens is 1. The van der Waals surface area contributed by atoms with E-state index >= 15 is 0 Å². The van der Waals surface area contributed by atoms with E-state index in [0.717, 1.165) is 17.0 Å². The first kappa shape index (κ1) is 14.3. The second-order valence-corrected chi connectivity index (χ2v) is 5.87. The molecular formula is C14H15FN2O2S. The number of aromatic carboxylic acids is 1. The Labute approximate surface area is 120 Å². The predicted molar refractivity (Wildman–Crippen MR) is 78.9 cm³/mol. The normalized spacial score (nSPS) is 10.6. The Balaban J connectivity index is 2.17. The van der Waals surface area contributed by atoms with Gasteiger partial charge in [0, 0.05) is 16.3 Å². The molecule has 0 amide bonds. The third-order valence-electron chi connectivity index (χ3n) is 3.04. The van der Waals surface area contributed by atoms with Crippen LogP contribution in [0, 0.1) is 19.7 Å². The maximum atomic E-state index is 13.6. The van der Waals surface area contributed by atoms with Crippen molar-refractivity contribution in [3.8, 4) is 0 Å². The number of nitrogen functional groups attached to an aromatic ring is 1. The molecule has 0 aliphatic rings. The molecule has 0 fully saturated rings. The summed E-state index contributed by atoms with van der Waals surface area (Å²) >= 11 is 1.66. The van der Waals surface area contributed by atoms with Crippen molar-refractivity contribution in [3.05, 3.63) is 44.9 Å². The van der Waals surface area contributed by atoms with E-state index < -0.39 is 17.3 Å². The fourth-order valence-corrected chi connectivity index (χ4v) is 2.82. The average Bonchev–Trinajstić information content (AvgIpc) is 2.69. The Morgan fingerprint density at radius 3 is 2.65 bits per heavy atom. The first-order valence-electron chi connectivity index (χ1n) is 6.00. The van der Waals surface area contributed by atoms with Crippen LogP contribution in [0.25, 0.3) is 0 Å². The molecule has 6 heteroatoms. The molecule has 0 radical (unpaired) electrons. The summed E-state index contributed by atoms with van der Waals surface area (Å²) in [5.41, 5.74) is 7.15. The fraction of sp³-hybridized carbons (Fsp3) is 0.214. The molecule has 0 aliphatic heterocycles. The molecule has 4 N–H and O–H groups in total. The van der Waals surface area contributed by atoms with Crippen LogP contribution in [0.1, 0.15) is 25.7 Å². The lowest BCUT2D eigenvalue weighted by Crippen LogP contribution is -2.06. The van der Waals surface area contributed by atoms with E-state index in [1.807, 2.05) is 13.8 Å². The van der Waals surface area contributed by atoms with Gasteiger partial charge in [0.25, 0.3) is 0 Å². The van der Waals surface area contributed by atoms with Gasteiger partial charge in [0.2, 0.25) is 0 Å². The van der Waals surface area contributed by atoms with Crippen molar-refractivity contribution in [3.63, 3.8) is 0 Å². The Morgan fingerprint density at radius 1 is 1.40 bits per heavy atom. The zero-order chi connectivity index (χ0) is 14.9. The van der Waals surface area contributed by atoms with E-state index in [4.69, 9.17) is 10.8 Å². The van der Waals surface area contributed by atoms with Crippen molar-refractivity contribution in [1.82, 2.24) is 0 Å². The average molecular weight is 294 g/mol. The maximum absolute atomic E-state index is 13.6. The van der Waals surface area contributed by atoms with Gasteiger partial charge in [-0.25, -0.2) is 9.18 Å². The number of carboxylic acid groups (broad SMARTS) is 1. The number of rotatable bonds is 4. The minimum absolute atomic E-state index is 0.216. The first-order valence-corrected chi connectivity index (χ1v) is 6.82. The lowest BCUT2D eigenvalue weighted by molar-refractivity contribution is 0.0692. The zero-order valence-corrected chi connectivity index (χ0v) is 12.0. The molecule has 0 saturated heterocycles. The van der Waals surface area contributed by atoms with Gasteiger partial charge in [-0.15, -0.1) is 11.3 Å². The highest BCUT2D eigenvalue weighted by molar-refractivity contribution is 7.12. The van der Waals surface area contributed by atoms with Gasteiger partial charge in [0.1, 0.15) is 5.82 Å². The topological polar surface area (TPSA) is 75.3 Å². The van der Waals surface area contributed by atoms with E-state index in [1.54, 1.807) is 11.3 Å². The summed E-state index contributed by atoms with van der Waals surface area (Å²) in [6, 6.07) is 4.31. The van der Waals surface area contributed by atoms with Crippen LogP contribution in [0.5, 0.6) is 0 Å². The van der Waals surface area contributed by atoms with Gasteiger partial charge in [-0.3, -0.25) is 0 Å². The first-order chi connectivity index (χ1) is 9.38. The molecular weight excluding hydrogens is 279 g/mol. The number of hydrogen-bond acceptors (Lipinski definition) is 4. The number of hydrogen-bond donors (Lipinski definition) is 3. The molecule has 0 spiro atoms. The lowest BCUT2D eigenvalue weighted by atomic mass is 10.1. The standard InChI is InChI=1S/C14H15FN2O2S/c1-7-3-9(20-8(7)2)6-17-13-5-11(15)10(14(18)19)4-12(13)16/h3-5,17H,6,16H2,1-2H3,(H,18,19). The molecule has 0 atom stereocenters. The van der Waals surface area contributed by atoms with Gasteiger partial charge < -0.3 is 16.2 Å². The Bertz CT molecular complexity index is 648. The molecule has 1 aromatic heterocycles. The second-order valence-electron chi connectivity index (χ2n) is 4.53. The summed E-state index contributed by atoms with van der Waals surface area (Å²) in [6.45, 7) is 4.60. The summed E-state index contributed by atoms with van der Waals surface area (Å²) < 4.78 is 13.6. The van der Waals surface area contributed by atoms with Crippen LogP contribution >= 0.6 is 11.3 Å². The summed E-state index contributed by atoms with van der Waals surface area (Å²) in [7, 11) is 0. The van der Waals surface area contributed by atoms with Crippen LogP contribution in [0.4, 0.5) is 15.8 Å². The Morgan fingerprint density at radius 2 is 2.10 bits per heavy atom. The van der Waals surface area contributed by atoms with Crippen LogP contribution in [-0.2, 0) is 6.54 Å². The third kappa shape index (κ3) is 2.91. The van der Waals surface area contributed by atoms with Crippen molar-refractivity contribution in [2.75, 3.05) is 11.1 Å². The molecule has 1 aromatic carbocycles. The molecule has 1 heterocycles. The molecule has 2 aromatic rings. The number of carboxylic acids is 1. The van der Waals surface area contributed by atoms with Crippen LogP contribution in [-0.4, -0.2) is 11.1 Å². The van der Waals surface area contributed by atoms with Crippen LogP contribution in [0.3, 0.4) is 0 Å². The Hall–Kier alpha value is -2.08. The zero-order valence-electron chi connectivity index (χ0n) is 11.2. The number of anilines is 2. The van der Waals surface area contributed by atoms with Crippen LogP contribution in [0.15, 0.2) is 18.2 Å². The van der Waals surface area contributed by atoms with Crippen molar-refractivity contribution in [2.45, 2.75) is 20.4 Å². The molecule has 20 heavy (non-hydrogen) atoms. The van der Waals surface area contributed by atoms with Crippen molar-refractivity contribution < 1.29 is 14.3 Å². The summed E-state index contributed by atoms with van der Waals surface area (Å²) in [5, 5.41) is 11.8. The number of thiophene rings is 1. The molecule has 0 saturated carbocycles. The lowest BCUT2D eigenvalue weighted by Gasteiger charge is -2.10. The highest BCUT2D eigenvalue weighted by atomic mass is 32.1. The van der Waals surface area contributed by atoms with Gasteiger partial charge >= 0.3 is 5.97 Å². The van der Waals surface area contributed by atoms with Crippen molar-refractivity contribution in [1.29, 1.82) is 0 Å². The van der Waals surface area contributed by atoms with Gasteiger partial charge in [0.15, 0.2) is 0 Å². The van der Waals surface area contributed by atoms with Gasteiger partial charge in [-0.2, -0.15) is 0 Å². The SMILES string of the molecule is Cc1cc(CNc2cc(F)c(C(=O)O)cc2N)sc1C. The second kappa shape index (κ2) is 5.50. The quantitative estimate of drug-likeness (QED) is 0.755. The summed E-state index contributed by atoms with van der Waals surface area (Å²) in [5.74, 6) is -2.13. The molecule has 0 bridgehead atoms. The molecule has 0 unspecified atom stereocenters. The van der Waals surface area contributed by atoms with Crippen LogP contribution in [0.2, 0.25) is 0 Å². The molecule has 4 nitrogen and oxygen atoms in total. The largest absolute Gasteiger partial charge is 0.478 e. The van der Waals surface area contributed by atoms with E-state index in [-0.39, 0.29) is 5.69 Å². The number of carbonyl (C=O) groups is 1. The highest BCUT2D eigenvalue weighted by Crippen LogP contribution is 2.26. The smallest absolute Gasteiger partial charge is 0.338 e. The highest BCUT2D eigenvalue weighted by Gasteiger charge is 2.13. The molecule has 0 aliphatic carbocycles. The predicted octanol–water partition coefficient (Wildman–Crippen LogP) is 3.40.